The number of aliphatic carboxylic acids is 2. The summed E-state index contributed by atoms with van der Waals surface area (Å²) in [6.45, 7) is 5.78. The number of aliphatic hydroxyl groups excluding tert-OH is 1. The van der Waals surface area contributed by atoms with Gasteiger partial charge < -0.3 is 30.3 Å². The minimum Gasteiger partial charge on any atom is -0.508 e. The number of carbonyl (C=O) groups excluding carboxylic acids is 1. The molecule has 43 heavy (non-hydrogen) atoms. The quantitative estimate of drug-likeness (QED) is 0.138. The summed E-state index contributed by atoms with van der Waals surface area (Å²) in [4.78, 5) is 35.1. The second kappa shape index (κ2) is 16.3. The van der Waals surface area contributed by atoms with Crippen molar-refractivity contribution in [2.75, 3.05) is 32.8 Å². The molecule has 0 unspecified atom stereocenters. The van der Waals surface area contributed by atoms with E-state index in [-0.39, 0.29) is 23.9 Å². The second-order valence-electron chi connectivity index (χ2n) is 9.56. The number of likely N-dealkylation sites (tertiary alicyclic amines) is 1. The minimum absolute atomic E-state index is 0.0834. The number of aliphatic hydroxyl groups is 1. The SMILES string of the molecule is CCO.O=C(O)C(=O)O.O=C(c1ccc(OCCN2CCCCC2)cc1)c1c(-c2ccc(O)cc2)sc2cc(O)ccc12. The monoisotopic (exact) mass is 609 g/mol. The number of carbonyl (C=O) groups is 3. The molecule has 5 N–H and O–H groups in total. The predicted octanol–water partition coefficient (Wildman–Crippen LogP) is 5.23. The lowest BCUT2D eigenvalue weighted by molar-refractivity contribution is -0.159. The largest absolute Gasteiger partial charge is 0.508 e. The van der Waals surface area contributed by atoms with E-state index in [2.05, 4.69) is 4.90 Å². The molecule has 0 amide bonds. The van der Waals surface area contributed by atoms with E-state index >= 15 is 0 Å². The van der Waals surface area contributed by atoms with Gasteiger partial charge in [-0.1, -0.05) is 6.42 Å². The fourth-order valence-electron chi connectivity index (χ4n) is 4.45. The van der Waals surface area contributed by atoms with Crippen LogP contribution in [-0.2, 0) is 9.59 Å². The van der Waals surface area contributed by atoms with Gasteiger partial charge in [0.1, 0.15) is 23.9 Å². The van der Waals surface area contributed by atoms with Gasteiger partial charge in [-0.25, -0.2) is 9.59 Å². The first-order valence-electron chi connectivity index (χ1n) is 13.8. The van der Waals surface area contributed by atoms with Crippen molar-refractivity contribution in [2.24, 2.45) is 0 Å². The van der Waals surface area contributed by atoms with Crippen LogP contribution in [-0.4, -0.2) is 81.0 Å². The number of nitrogens with zero attached hydrogens (tertiary/aromatic N) is 1. The van der Waals surface area contributed by atoms with Gasteiger partial charge in [-0.2, -0.15) is 0 Å². The molecule has 1 aliphatic heterocycles. The summed E-state index contributed by atoms with van der Waals surface area (Å²) < 4.78 is 6.76. The first-order chi connectivity index (χ1) is 20.6. The summed E-state index contributed by atoms with van der Waals surface area (Å²) in [7, 11) is 0. The molecule has 11 heteroatoms. The number of carboxylic acid groups (broad SMARTS) is 2. The number of rotatable bonds is 7. The van der Waals surface area contributed by atoms with Gasteiger partial charge in [-0.05, 0) is 105 Å². The lowest BCUT2D eigenvalue weighted by Gasteiger charge is -2.26. The molecule has 1 aromatic heterocycles. The molecular weight excluding hydrogens is 574 g/mol. The van der Waals surface area contributed by atoms with Crippen molar-refractivity contribution in [3.8, 4) is 27.7 Å². The third kappa shape index (κ3) is 9.53. The normalized spacial score (nSPS) is 12.8. The maximum Gasteiger partial charge on any atom is 0.414 e. The predicted molar refractivity (Wildman–Crippen MR) is 164 cm³/mol. The Bertz CT molecular complexity index is 1500. The standard InChI is InChI=1S/C28H27NO4S.C2H2O4.C2H6O/c30-21-8-4-20(5-9-21)28-26(24-13-10-22(31)18-25(24)34-28)27(32)19-6-11-23(12-7-19)33-17-16-29-14-2-1-3-15-29;3-1(4)2(5)6;1-2-3/h4-13,18,30-31H,1-3,14-17H2;(H,3,4)(H,5,6);3H,2H2,1H3. The van der Waals surface area contributed by atoms with E-state index in [1.807, 2.05) is 24.3 Å². The first kappa shape index (κ1) is 33.1. The van der Waals surface area contributed by atoms with Crippen molar-refractivity contribution in [2.45, 2.75) is 26.2 Å². The molecule has 10 nitrogen and oxygen atoms in total. The third-order valence-electron chi connectivity index (χ3n) is 6.45. The number of phenolic OH excluding ortho intramolecular Hbond substituents is 2. The van der Waals surface area contributed by atoms with Crippen LogP contribution in [0.25, 0.3) is 20.5 Å². The zero-order valence-corrected chi connectivity index (χ0v) is 24.5. The van der Waals surface area contributed by atoms with Crippen molar-refractivity contribution in [3.05, 3.63) is 77.9 Å². The number of thiophene rings is 1. The van der Waals surface area contributed by atoms with Gasteiger partial charge in [0.25, 0.3) is 0 Å². The van der Waals surface area contributed by atoms with Crippen molar-refractivity contribution in [3.63, 3.8) is 0 Å². The average Bonchev–Trinajstić information content (AvgIpc) is 3.37. The van der Waals surface area contributed by atoms with E-state index in [1.54, 1.807) is 49.4 Å². The number of fused-ring (bicyclic) bond motifs is 1. The molecule has 228 valence electrons. The highest BCUT2D eigenvalue weighted by molar-refractivity contribution is 7.22. The molecule has 0 radical (unpaired) electrons. The number of piperidine rings is 1. The molecule has 2 heterocycles. The van der Waals surface area contributed by atoms with E-state index in [0.717, 1.165) is 45.9 Å². The number of benzene rings is 3. The van der Waals surface area contributed by atoms with Crippen molar-refractivity contribution < 1.29 is 44.7 Å². The summed E-state index contributed by atoms with van der Waals surface area (Å²) in [5.41, 5.74) is 2.03. The van der Waals surface area contributed by atoms with Gasteiger partial charge in [0, 0.05) is 39.2 Å². The summed E-state index contributed by atoms with van der Waals surface area (Å²) in [6, 6.07) is 19.2. The molecule has 1 saturated heterocycles. The molecule has 0 bridgehead atoms. The fourth-order valence-corrected chi connectivity index (χ4v) is 5.69. The number of ether oxygens (including phenoxy) is 1. The van der Waals surface area contributed by atoms with Crippen LogP contribution in [0.15, 0.2) is 66.7 Å². The molecule has 1 fully saturated rings. The molecule has 4 aromatic rings. The first-order valence-corrected chi connectivity index (χ1v) is 14.6. The Labute approximate surface area is 253 Å². The highest BCUT2D eigenvalue weighted by Gasteiger charge is 2.22. The van der Waals surface area contributed by atoms with E-state index in [1.165, 1.54) is 30.6 Å². The Balaban J connectivity index is 0.000000496. The molecule has 0 saturated carbocycles. The van der Waals surface area contributed by atoms with Gasteiger partial charge in [-0.3, -0.25) is 9.69 Å². The van der Waals surface area contributed by atoms with Crippen LogP contribution in [0, 0.1) is 0 Å². The zero-order chi connectivity index (χ0) is 31.4. The van der Waals surface area contributed by atoms with Crippen molar-refractivity contribution >= 4 is 39.1 Å². The highest BCUT2D eigenvalue weighted by Crippen LogP contribution is 2.41. The lowest BCUT2D eigenvalue weighted by Crippen LogP contribution is -2.33. The molecule has 3 aromatic carbocycles. The Hall–Kier alpha value is -4.45. The van der Waals surface area contributed by atoms with E-state index < -0.39 is 11.9 Å². The van der Waals surface area contributed by atoms with Crippen LogP contribution in [0.3, 0.4) is 0 Å². The summed E-state index contributed by atoms with van der Waals surface area (Å²) in [5.74, 6) is -2.64. The summed E-state index contributed by atoms with van der Waals surface area (Å²) in [6.07, 6.45) is 3.85. The number of ketones is 1. The molecule has 0 atom stereocenters. The molecule has 1 aliphatic rings. The fraction of sp³-hybridized carbons (Fsp3) is 0.281. The van der Waals surface area contributed by atoms with Gasteiger partial charge in [0.05, 0.1) is 0 Å². The maximum atomic E-state index is 13.6. The molecular formula is C32H35NO9S. The molecule has 0 spiro atoms. The number of aromatic hydroxyl groups is 2. The van der Waals surface area contributed by atoms with Gasteiger partial charge >= 0.3 is 11.9 Å². The lowest BCUT2D eigenvalue weighted by atomic mass is 9.97. The number of hydrogen-bond donors (Lipinski definition) is 5. The maximum absolute atomic E-state index is 13.6. The Morgan fingerprint density at radius 3 is 2.00 bits per heavy atom. The smallest absolute Gasteiger partial charge is 0.414 e. The van der Waals surface area contributed by atoms with Crippen molar-refractivity contribution in [1.82, 2.24) is 4.90 Å². The third-order valence-corrected chi connectivity index (χ3v) is 7.66. The average molecular weight is 610 g/mol. The van der Waals surface area contributed by atoms with Crippen LogP contribution in [0.4, 0.5) is 0 Å². The van der Waals surface area contributed by atoms with Crippen LogP contribution < -0.4 is 4.74 Å². The second-order valence-corrected chi connectivity index (χ2v) is 10.6. The summed E-state index contributed by atoms with van der Waals surface area (Å²) >= 11 is 1.46. The van der Waals surface area contributed by atoms with Crippen LogP contribution in [0.2, 0.25) is 0 Å². The minimum atomic E-state index is -1.82. The Kier molecular flexibility index (Phi) is 12.5. The topological polar surface area (TPSA) is 165 Å². The van der Waals surface area contributed by atoms with E-state index in [0.29, 0.717) is 17.7 Å². The van der Waals surface area contributed by atoms with Crippen LogP contribution >= 0.6 is 11.3 Å². The van der Waals surface area contributed by atoms with Gasteiger partial charge in [-0.15, -0.1) is 11.3 Å². The zero-order valence-electron chi connectivity index (χ0n) is 23.7. The number of carboxylic acids is 2. The highest BCUT2D eigenvalue weighted by atomic mass is 32.1. The summed E-state index contributed by atoms with van der Waals surface area (Å²) in [5, 5.41) is 42.8. The van der Waals surface area contributed by atoms with Crippen molar-refractivity contribution in [1.29, 1.82) is 0 Å². The van der Waals surface area contributed by atoms with Crippen LogP contribution in [0.5, 0.6) is 17.2 Å². The number of hydrogen-bond acceptors (Lipinski definition) is 9. The van der Waals surface area contributed by atoms with Gasteiger partial charge in [0.15, 0.2) is 5.78 Å². The van der Waals surface area contributed by atoms with E-state index in [4.69, 9.17) is 29.6 Å². The Morgan fingerprint density at radius 2 is 1.42 bits per heavy atom. The Morgan fingerprint density at radius 1 is 0.837 bits per heavy atom. The number of phenols is 2. The van der Waals surface area contributed by atoms with Crippen LogP contribution in [0.1, 0.15) is 42.1 Å². The van der Waals surface area contributed by atoms with Gasteiger partial charge in [0.2, 0.25) is 0 Å². The van der Waals surface area contributed by atoms with E-state index in [9.17, 15) is 15.0 Å². The molecule has 0 aliphatic carbocycles. The molecule has 5 rings (SSSR count).